The molecule has 0 radical (unpaired) electrons. The van der Waals surface area contributed by atoms with Gasteiger partial charge < -0.3 is 14.8 Å². The van der Waals surface area contributed by atoms with Gasteiger partial charge in [0.15, 0.2) is 13.2 Å². The molecule has 0 aromatic heterocycles. The number of aryl methyl sites for hydroxylation is 3. The molecule has 148 valence electrons. The molecular weight excluding hydrogens is 354 g/mol. The van der Waals surface area contributed by atoms with E-state index in [-0.39, 0.29) is 25.0 Å². The fraction of sp³-hybridized carbons (Fsp3) is 0.391. The monoisotopic (exact) mass is 381 g/mol. The van der Waals surface area contributed by atoms with Gasteiger partial charge in [-0.25, -0.2) is 4.79 Å². The molecule has 28 heavy (non-hydrogen) atoms. The van der Waals surface area contributed by atoms with E-state index in [1.165, 1.54) is 11.1 Å². The molecule has 5 nitrogen and oxygen atoms in total. The quantitative estimate of drug-likeness (QED) is 0.731. The Bertz CT molecular complexity index is 873. The fourth-order valence-electron chi connectivity index (χ4n) is 3.49. The number of carbonyl (C=O) groups excluding carboxylic acids is 2. The van der Waals surface area contributed by atoms with Crippen molar-refractivity contribution in [1.29, 1.82) is 0 Å². The number of ether oxygens (including phenoxy) is 2. The summed E-state index contributed by atoms with van der Waals surface area (Å²) in [6.45, 7) is 5.53. The number of fused-ring (bicyclic) bond motifs is 1. The van der Waals surface area contributed by atoms with Gasteiger partial charge in [0.2, 0.25) is 0 Å². The lowest BCUT2D eigenvalue weighted by atomic mass is 9.98. The predicted molar refractivity (Wildman–Crippen MR) is 109 cm³/mol. The van der Waals surface area contributed by atoms with Crippen LogP contribution in [0.2, 0.25) is 0 Å². The largest absolute Gasteiger partial charge is 0.482 e. The summed E-state index contributed by atoms with van der Waals surface area (Å²) >= 11 is 0. The van der Waals surface area contributed by atoms with Crippen LogP contribution in [0, 0.1) is 6.92 Å². The first kappa shape index (κ1) is 19.9. The predicted octanol–water partition coefficient (Wildman–Crippen LogP) is 4.17. The summed E-state index contributed by atoms with van der Waals surface area (Å²) in [5.74, 6) is 0.00797. The summed E-state index contributed by atoms with van der Waals surface area (Å²) in [4.78, 5) is 24.1. The van der Waals surface area contributed by atoms with E-state index in [4.69, 9.17) is 9.47 Å². The zero-order valence-corrected chi connectivity index (χ0v) is 16.7. The Hall–Kier alpha value is -2.82. The topological polar surface area (TPSA) is 64.6 Å². The Morgan fingerprint density at radius 2 is 1.86 bits per heavy atom. The molecular formula is C23H27NO4. The molecule has 0 saturated heterocycles. The third-order valence-electron chi connectivity index (χ3n) is 4.98. The van der Waals surface area contributed by atoms with Crippen molar-refractivity contribution in [2.24, 2.45) is 0 Å². The van der Waals surface area contributed by atoms with Crippen LogP contribution in [0.5, 0.6) is 5.75 Å². The van der Waals surface area contributed by atoms with E-state index >= 15 is 0 Å². The molecule has 0 fully saturated rings. The van der Waals surface area contributed by atoms with Crippen molar-refractivity contribution in [3.63, 3.8) is 0 Å². The minimum absolute atomic E-state index is 0.215. The zero-order chi connectivity index (χ0) is 20.1. The number of anilines is 1. The molecule has 0 bridgehead atoms. The van der Waals surface area contributed by atoms with E-state index in [1.54, 1.807) is 0 Å². The van der Waals surface area contributed by atoms with Crippen LogP contribution in [0.1, 0.15) is 48.4 Å². The molecule has 1 amide bonds. The number of hydrogen-bond acceptors (Lipinski definition) is 4. The highest BCUT2D eigenvalue weighted by molar-refractivity contribution is 5.94. The summed E-state index contributed by atoms with van der Waals surface area (Å²) in [6, 6.07) is 11.8. The third-order valence-corrected chi connectivity index (χ3v) is 4.98. The molecule has 3 rings (SSSR count). The first-order valence-electron chi connectivity index (χ1n) is 9.73. The number of carbonyl (C=O) groups is 2. The third kappa shape index (κ3) is 4.91. The summed E-state index contributed by atoms with van der Waals surface area (Å²) in [5.41, 5.74) is 5.45. The minimum Gasteiger partial charge on any atom is -0.482 e. The maximum atomic E-state index is 12.2. The lowest BCUT2D eigenvalue weighted by Crippen LogP contribution is -2.24. The molecule has 1 N–H and O–H groups in total. The van der Waals surface area contributed by atoms with Crippen molar-refractivity contribution in [2.75, 3.05) is 18.5 Å². The molecule has 0 atom stereocenters. The second kappa shape index (κ2) is 8.91. The van der Waals surface area contributed by atoms with Crippen LogP contribution in [-0.2, 0) is 27.2 Å². The summed E-state index contributed by atoms with van der Waals surface area (Å²) in [7, 11) is 0. The number of amides is 1. The van der Waals surface area contributed by atoms with Crippen LogP contribution in [0.25, 0.3) is 0 Å². The Morgan fingerprint density at radius 3 is 2.64 bits per heavy atom. The average molecular weight is 381 g/mol. The van der Waals surface area contributed by atoms with Crippen molar-refractivity contribution in [3.8, 4) is 5.75 Å². The van der Waals surface area contributed by atoms with Crippen molar-refractivity contribution in [3.05, 3.63) is 58.7 Å². The van der Waals surface area contributed by atoms with Crippen molar-refractivity contribution >= 4 is 17.6 Å². The zero-order valence-electron chi connectivity index (χ0n) is 16.7. The molecule has 2 aromatic rings. The van der Waals surface area contributed by atoms with Gasteiger partial charge >= 0.3 is 5.97 Å². The van der Waals surface area contributed by atoms with Crippen molar-refractivity contribution < 1.29 is 19.1 Å². The van der Waals surface area contributed by atoms with Gasteiger partial charge in [0.05, 0.1) is 0 Å². The maximum Gasteiger partial charge on any atom is 0.344 e. The summed E-state index contributed by atoms with van der Waals surface area (Å²) < 4.78 is 10.6. The number of esters is 1. The number of benzene rings is 2. The Morgan fingerprint density at radius 1 is 1.07 bits per heavy atom. The lowest BCUT2D eigenvalue weighted by molar-refractivity contribution is -0.149. The normalized spacial score (nSPS) is 12.6. The van der Waals surface area contributed by atoms with E-state index in [9.17, 15) is 9.59 Å². The highest BCUT2D eigenvalue weighted by Gasteiger charge is 2.15. The first-order chi connectivity index (χ1) is 13.4. The number of para-hydroxylation sites is 1. The van der Waals surface area contributed by atoms with E-state index in [1.807, 2.05) is 43.3 Å². The van der Waals surface area contributed by atoms with E-state index in [0.29, 0.717) is 5.75 Å². The fourth-order valence-corrected chi connectivity index (χ4v) is 3.49. The Labute approximate surface area is 166 Å². The van der Waals surface area contributed by atoms with Gasteiger partial charge in [0.1, 0.15) is 5.75 Å². The van der Waals surface area contributed by atoms with Crippen LogP contribution >= 0.6 is 0 Å². The smallest absolute Gasteiger partial charge is 0.344 e. The van der Waals surface area contributed by atoms with E-state index in [2.05, 4.69) is 19.2 Å². The van der Waals surface area contributed by atoms with Crippen LogP contribution < -0.4 is 10.1 Å². The Balaban J connectivity index is 1.48. The van der Waals surface area contributed by atoms with Gasteiger partial charge in [0, 0.05) is 5.69 Å². The summed E-state index contributed by atoms with van der Waals surface area (Å²) in [6.07, 6.45) is 3.32. The maximum absolute atomic E-state index is 12.2. The molecule has 0 unspecified atom stereocenters. The number of hydrogen-bond donors (Lipinski definition) is 1. The Kier molecular flexibility index (Phi) is 6.34. The van der Waals surface area contributed by atoms with Crippen LogP contribution in [0.15, 0.2) is 36.4 Å². The van der Waals surface area contributed by atoms with Gasteiger partial charge in [-0.15, -0.1) is 0 Å². The SMILES string of the molecule is Cc1cccc(C(C)C)c1NC(=O)COC(=O)COc1ccc2c(c1)CCC2. The van der Waals surface area contributed by atoms with Gasteiger partial charge in [0.25, 0.3) is 5.91 Å². The van der Waals surface area contributed by atoms with Crippen molar-refractivity contribution in [2.45, 2.75) is 46.0 Å². The molecule has 1 aliphatic carbocycles. The molecule has 1 aliphatic rings. The van der Waals surface area contributed by atoms with E-state index in [0.717, 1.165) is 36.1 Å². The standard InChI is InChI=1S/C23H27NO4/c1-15(2)20-9-4-6-16(3)23(20)24-21(25)13-28-22(26)14-27-19-11-10-17-7-5-8-18(17)12-19/h4,6,9-12,15H,5,7-8,13-14H2,1-3H3,(H,24,25). The molecule has 0 spiro atoms. The van der Waals surface area contributed by atoms with Crippen molar-refractivity contribution in [1.82, 2.24) is 0 Å². The molecule has 0 saturated carbocycles. The van der Waals surface area contributed by atoms with E-state index < -0.39 is 5.97 Å². The molecule has 0 heterocycles. The average Bonchev–Trinajstić information content (AvgIpc) is 3.14. The highest BCUT2D eigenvalue weighted by atomic mass is 16.6. The highest BCUT2D eigenvalue weighted by Crippen LogP contribution is 2.27. The van der Waals surface area contributed by atoms with Crippen LogP contribution in [-0.4, -0.2) is 25.1 Å². The van der Waals surface area contributed by atoms with Gasteiger partial charge in [-0.3, -0.25) is 4.79 Å². The second-order valence-corrected chi connectivity index (χ2v) is 7.48. The molecule has 5 heteroatoms. The van der Waals surface area contributed by atoms with Crippen LogP contribution in [0.4, 0.5) is 5.69 Å². The molecule has 0 aliphatic heterocycles. The lowest BCUT2D eigenvalue weighted by Gasteiger charge is -2.16. The second-order valence-electron chi connectivity index (χ2n) is 7.48. The van der Waals surface area contributed by atoms with Gasteiger partial charge in [-0.1, -0.05) is 38.1 Å². The first-order valence-corrected chi connectivity index (χ1v) is 9.73. The molecule has 2 aromatic carbocycles. The van der Waals surface area contributed by atoms with Gasteiger partial charge in [-0.05, 0) is 66.5 Å². The summed E-state index contributed by atoms with van der Waals surface area (Å²) in [5, 5.41) is 2.86. The number of rotatable bonds is 7. The number of nitrogens with one attached hydrogen (secondary N) is 1. The van der Waals surface area contributed by atoms with Crippen LogP contribution in [0.3, 0.4) is 0 Å². The van der Waals surface area contributed by atoms with Gasteiger partial charge in [-0.2, -0.15) is 0 Å². The minimum atomic E-state index is -0.565.